The predicted octanol–water partition coefficient (Wildman–Crippen LogP) is 2.83. The van der Waals surface area contributed by atoms with Crippen LogP contribution in [-0.2, 0) is 0 Å². The highest BCUT2D eigenvalue weighted by Gasteiger charge is 2.18. The standard InChI is InChI=1S/C11H14FNOSi/c1-4-15(2,3)10-7-5-9(6-8-10)13-11(12)14/h4-8H,1H2,2-3H3,(H,13,14). The van der Waals surface area contributed by atoms with E-state index in [1.165, 1.54) is 5.19 Å². The van der Waals surface area contributed by atoms with Crippen LogP contribution in [0.5, 0.6) is 0 Å². The Morgan fingerprint density at radius 3 is 2.33 bits per heavy atom. The zero-order valence-corrected chi connectivity index (χ0v) is 9.88. The molecular weight excluding hydrogens is 209 g/mol. The summed E-state index contributed by atoms with van der Waals surface area (Å²) in [6, 6.07) is 7.20. The normalized spacial score (nSPS) is 10.9. The minimum absolute atomic E-state index is 0.472. The first-order valence-corrected chi connectivity index (χ1v) is 7.74. The molecule has 2 nitrogen and oxygen atoms in total. The van der Waals surface area contributed by atoms with E-state index in [1.54, 1.807) is 12.1 Å². The molecule has 0 fully saturated rings. The largest absolute Gasteiger partial charge is 0.401 e. The summed E-state index contributed by atoms with van der Waals surface area (Å²) >= 11 is 0. The highest BCUT2D eigenvalue weighted by Crippen LogP contribution is 2.09. The number of carbonyl (C=O) groups excluding carboxylic acids is 1. The van der Waals surface area contributed by atoms with Crippen LogP contribution in [0.25, 0.3) is 0 Å². The van der Waals surface area contributed by atoms with Gasteiger partial charge in [0.1, 0.15) is 8.07 Å². The summed E-state index contributed by atoms with van der Waals surface area (Å²) in [7, 11) is -1.56. The van der Waals surface area contributed by atoms with Crippen molar-refractivity contribution in [2.45, 2.75) is 13.1 Å². The molecule has 80 valence electrons. The highest BCUT2D eigenvalue weighted by molar-refractivity contribution is 6.93. The third-order valence-electron chi connectivity index (χ3n) is 2.38. The molecule has 0 saturated carbocycles. The van der Waals surface area contributed by atoms with E-state index in [1.807, 2.05) is 17.8 Å². The topological polar surface area (TPSA) is 29.1 Å². The SMILES string of the molecule is C=C[Si](C)(C)c1ccc(NC(=O)F)cc1. The number of carbonyl (C=O) groups is 1. The van der Waals surface area contributed by atoms with E-state index in [2.05, 4.69) is 25.0 Å². The summed E-state index contributed by atoms with van der Waals surface area (Å²) in [4.78, 5) is 10.2. The van der Waals surface area contributed by atoms with Crippen LogP contribution in [0.1, 0.15) is 0 Å². The molecule has 15 heavy (non-hydrogen) atoms. The van der Waals surface area contributed by atoms with E-state index in [0.29, 0.717) is 5.69 Å². The predicted molar refractivity (Wildman–Crippen MR) is 63.9 cm³/mol. The second-order valence-corrected chi connectivity index (χ2v) is 8.33. The maximum atomic E-state index is 12.0. The molecule has 1 N–H and O–H groups in total. The molecule has 0 aromatic heterocycles. The quantitative estimate of drug-likeness (QED) is 0.476. The first-order valence-electron chi connectivity index (χ1n) is 4.66. The molecule has 1 rings (SSSR count). The van der Waals surface area contributed by atoms with Gasteiger partial charge in [-0.15, -0.1) is 11.0 Å². The van der Waals surface area contributed by atoms with Crippen LogP contribution in [0.3, 0.4) is 0 Å². The first kappa shape index (κ1) is 11.7. The van der Waals surface area contributed by atoms with Crippen LogP contribution in [0.15, 0.2) is 36.5 Å². The van der Waals surface area contributed by atoms with Gasteiger partial charge in [-0.2, -0.15) is 0 Å². The summed E-state index contributed by atoms with van der Waals surface area (Å²) in [6.45, 7) is 8.15. The van der Waals surface area contributed by atoms with Gasteiger partial charge in [-0.1, -0.05) is 36.1 Å². The first-order chi connectivity index (χ1) is 6.95. The van der Waals surface area contributed by atoms with Crippen LogP contribution in [0, 0.1) is 0 Å². The maximum absolute atomic E-state index is 12.0. The minimum atomic E-state index is -1.56. The van der Waals surface area contributed by atoms with Crippen molar-refractivity contribution in [3.8, 4) is 0 Å². The lowest BCUT2D eigenvalue weighted by Crippen LogP contribution is -2.39. The number of hydrogen-bond acceptors (Lipinski definition) is 1. The maximum Gasteiger partial charge on any atom is 0.401 e. The van der Waals surface area contributed by atoms with Gasteiger partial charge < -0.3 is 0 Å². The average Bonchev–Trinajstić information content (AvgIpc) is 2.18. The van der Waals surface area contributed by atoms with Crippen molar-refractivity contribution in [3.05, 3.63) is 36.5 Å². The third-order valence-corrected chi connectivity index (χ3v) is 5.22. The highest BCUT2D eigenvalue weighted by atomic mass is 28.3. The molecule has 0 aliphatic heterocycles. The van der Waals surface area contributed by atoms with Gasteiger partial charge in [0.25, 0.3) is 0 Å². The molecule has 0 saturated heterocycles. The average molecular weight is 223 g/mol. The van der Waals surface area contributed by atoms with Gasteiger partial charge in [0.2, 0.25) is 0 Å². The zero-order valence-electron chi connectivity index (χ0n) is 8.88. The number of anilines is 1. The molecule has 0 aliphatic rings. The number of amides is 1. The summed E-state index contributed by atoms with van der Waals surface area (Å²) in [5, 5.41) is 3.29. The van der Waals surface area contributed by atoms with E-state index < -0.39 is 14.2 Å². The molecule has 0 unspecified atom stereocenters. The van der Waals surface area contributed by atoms with Crippen molar-refractivity contribution in [3.63, 3.8) is 0 Å². The summed E-state index contributed by atoms with van der Waals surface area (Å²) < 4.78 is 12.0. The number of halogens is 1. The molecule has 1 aromatic carbocycles. The van der Waals surface area contributed by atoms with Gasteiger partial charge in [-0.05, 0) is 12.1 Å². The van der Waals surface area contributed by atoms with Crippen molar-refractivity contribution >= 4 is 25.1 Å². The monoisotopic (exact) mass is 223 g/mol. The molecular formula is C11H14FNOSi. The minimum Gasteiger partial charge on any atom is -0.298 e. The van der Waals surface area contributed by atoms with Gasteiger partial charge in [0.05, 0.1) is 0 Å². The van der Waals surface area contributed by atoms with Gasteiger partial charge in [-0.3, -0.25) is 5.32 Å². The van der Waals surface area contributed by atoms with Gasteiger partial charge in [-0.25, -0.2) is 4.79 Å². The van der Waals surface area contributed by atoms with Crippen molar-refractivity contribution in [2.24, 2.45) is 0 Å². The molecule has 1 aromatic rings. The van der Waals surface area contributed by atoms with Crippen molar-refractivity contribution in [1.82, 2.24) is 0 Å². The Hall–Kier alpha value is -1.42. The lowest BCUT2D eigenvalue weighted by Gasteiger charge is -2.17. The second-order valence-electron chi connectivity index (χ2n) is 3.90. The van der Waals surface area contributed by atoms with E-state index in [4.69, 9.17) is 0 Å². The fourth-order valence-corrected chi connectivity index (χ4v) is 2.48. The Kier molecular flexibility index (Phi) is 3.42. The molecule has 0 bridgehead atoms. The number of rotatable bonds is 3. The van der Waals surface area contributed by atoms with Gasteiger partial charge in [0.15, 0.2) is 0 Å². The Bertz CT molecular complexity index is 373. The lowest BCUT2D eigenvalue weighted by atomic mass is 10.3. The van der Waals surface area contributed by atoms with Crippen LogP contribution < -0.4 is 10.5 Å². The smallest absolute Gasteiger partial charge is 0.298 e. The van der Waals surface area contributed by atoms with Crippen molar-refractivity contribution in [2.75, 3.05) is 5.32 Å². The molecule has 0 atom stereocenters. The second kappa shape index (κ2) is 4.40. The summed E-state index contributed by atoms with van der Waals surface area (Å²) in [5.74, 6) is 0. The molecule has 1 amide bonds. The lowest BCUT2D eigenvalue weighted by molar-refractivity contribution is 0.235. The number of hydrogen-bond donors (Lipinski definition) is 1. The third kappa shape index (κ3) is 3.02. The van der Waals surface area contributed by atoms with Gasteiger partial charge in [0, 0.05) is 5.69 Å². The molecule has 4 heteroatoms. The van der Waals surface area contributed by atoms with Crippen molar-refractivity contribution < 1.29 is 9.18 Å². The van der Waals surface area contributed by atoms with Crippen LogP contribution >= 0.6 is 0 Å². The molecule has 0 heterocycles. The Labute approximate surface area is 89.8 Å². The Balaban J connectivity index is 2.90. The van der Waals surface area contributed by atoms with Crippen molar-refractivity contribution in [1.29, 1.82) is 0 Å². The fourth-order valence-electron chi connectivity index (χ4n) is 1.21. The fraction of sp³-hybridized carbons (Fsp3) is 0.182. The molecule has 0 radical (unpaired) electrons. The molecule has 0 spiro atoms. The van der Waals surface area contributed by atoms with E-state index in [0.717, 1.165) is 0 Å². The van der Waals surface area contributed by atoms with E-state index >= 15 is 0 Å². The van der Waals surface area contributed by atoms with E-state index in [9.17, 15) is 9.18 Å². The Morgan fingerprint density at radius 1 is 1.40 bits per heavy atom. The molecule has 0 aliphatic carbocycles. The van der Waals surface area contributed by atoms with Crippen LogP contribution in [0.4, 0.5) is 14.9 Å². The van der Waals surface area contributed by atoms with Crippen LogP contribution in [-0.4, -0.2) is 14.2 Å². The zero-order chi connectivity index (χ0) is 11.5. The Morgan fingerprint density at radius 2 is 1.93 bits per heavy atom. The van der Waals surface area contributed by atoms with Gasteiger partial charge >= 0.3 is 6.16 Å². The van der Waals surface area contributed by atoms with Crippen LogP contribution in [0.2, 0.25) is 13.1 Å². The van der Waals surface area contributed by atoms with E-state index in [-0.39, 0.29) is 0 Å². The number of nitrogens with one attached hydrogen (secondary N) is 1. The summed E-state index contributed by atoms with van der Waals surface area (Å²) in [5.41, 5.74) is 2.45. The number of benzene rings is 1. The summed E-state index contributed by atoms with van der Waals surface area (Å²) in [6.07, 6.45) is -1.54.